The van der Waals surface area contributed by atoms with Crippen molar-refractivity contribution in [2.45, 2.75) is 18.9 Å². The minimum absolute atomic E-state index is 0.0917. The first-order valence-corrected chi connectivity index (χ1v) is 7.47. The zero-order valence-electron chi connectivity index (χ0n) is 12.9. The number of nitrogens with one attached hydrogen (secondary N) is 3. The topological polar surface area (TPSA) is 75.4 Å². The Hall–Kier alpha value is -2.21. The van der Waals surface area contributed by atoms with Crippen LogP contribution in [0.1, 0.15) is 23.3 Å². The summed E-state index contributed by atoms with van der Waals surface area (Å²) in [5.41, 5.74) is 1.34. The van der Waals surface area contributed by atoms with E-state index in [4.69, 9.17) is 9.47 Å². The van der Waals surface area contributed by atoms with E-state index in [9.17, 15) is 4.79 Å². The normalized spacial score (nSPS) is 18.2. The summed E-state index contributed by atoms with van der Waals surface area (Å²) in [6.07, 6.45) is 2.10. The van der Waals surface area contributed by atoms with Gasteiger partial charge in [-0.05, 0) is 31.5 Å². The van der Waals surface area contributed by atoms with Gasteiger partial charge in [0.25, 0.3) is 5.91 Å². The zero-order valence-corrected chi connectivity index (χ0v) is 12.9. The molecule has 1 aromatic heterocycles. The summed E-state index contributed by atoms with van der Waals surface area (Å²) in [7, 11) is 3.21. The summed E-state index contributed by atoms with van der Waals surface area (Å²) in [5.74, 6) is 1.27. The third-order valence-electron chi connectivity index (χ3n) is 4.00. The molecular formula is C16H21N3O3. The van der Waals surface area contributed by atoms with Crippen molar-refractivity contribution in [3.8, 4) is 11.5 Å². The monoisotopic (exact) mass is 303 g/mol. The first kappa shape index (κ1) is 14.7. The summed E-state index contributed by atoms with van der Waals surface area (Å²) < 4.78 is 10.6. The van der Waals surface area contributed by atoms with Crippen molar-refractivity contribution >= 4 is 16.8 Å². The van der Waals surface area contributed by atoms with E-state index in [1.807, 2.05) is 12.1 Å². The molecule has 118 valence electrons. The molecule has 1 atom stereocenters. The lowest BCUT2D eigenvalue weighted by atomic mass is 10.1. The lowest BCUT2D eigenvalue weighted by Crippen LogP contribution is -2.45. The first-order valence-electron chi connectivity index (χ1n) is 7.47. The highest BCUT2D eigenvalue weighted by Gasteiger charge is 2.18. The van der Waals surface area contributed by atoms with Crippen molar-refractivity contribution in [3.05, 3.63) is 23.9 Å². The Balaban J connectivity index is 1.85. The number of piperidine rings is 1. The van der Waals surface area contributed by atoms with Crippen LogP contribution in [0.25, 0.3) is 10.9 Å². The molecule has 1 aliphatic rings. The van der Waals surface area contributed by atoms with Gasteiger partial charge in [-0.25, -0.2) is 0 Å². The average molecular weight is 303 g/mol. The van der Waals surface area contributed by atoms with Crippen LogP contribution in [0.15, 0.2) is 18.2 Å². The quantitative estimate of drug-likeness (QED) is 0.803. The van der Waals surface area contributed by atoms with Gasteiger partial charge in [0.1, 0.15) is 17.2 Å². The molecule has 2 heterocycles. The molecular weight excluding hydrogens is 282 g/mol. The molecule has 1 unspecified atom stereocenters. The van der Waals surface area contributed by atoms with Crippen LogP contribution in [0.5, 0.6) is 11.5 Å². The largest absolute Gasteiger partial charge is 0.497 e. The highest BCUT2D eigenvalue weighted by molar-refractivity contribution is 6.00. The van der Waals surface area contributed by atoms with Gasteiger partial charge in [-0.3, -0.25) is 4.79 Å². The second kappa shape index (κ2) is 6.27. The Bertz CT molecular complexity index is 675. The molecule has 1 saturated heterocycles. The van der Waals surface area contributed by atoms with E-state index in [0.29, 0.717) is 17.2 Å². The minimum atomic E-state index is -0.0917. The number of hydrogen-bond acceptors (Lipinski definition) is 4. The second-order valence-corrected chi connectivity index (χ2v) is 5.49. The predicted octanol–water partition coefficient (Wildman–Crippen LogP) is 1.67. The third kappa shape index (κ3) is 2.87. The van der Waals surface area contributed by atoms with E-state index >= 15 is 0 Å². The number of hydrogen-bond donors (Lipinski definition) is 3. The molecule has 0 bridgehead atoms. The number of H-pyrrole nitrogens is 1. The molecule has 6 heteroatoms. The third-order valence-corrected chi connectivity index (χ3v) is 4.00. The molecule has 1 fully saturated rings. The molecule has 3 N–H and O–H groups in total. The highest BCUT2D eigenvalue weighted by Crippen LogP contribution is 2.31. The van der Waals surface area contributed by atoms with Gasteiger partial charge < -0.3 is 25.1 Å². The molecule has 1 amide bonds. The van der Waals surface area contributed by atoms with Gasteiger partial charge in [-0.1, -0.05) is 0 Å². The molecule has 6 nitrogen and oxygen atoms in total. The van der Waals surface area contributed by atoms with Crippen LogP contribution in [0, 0.1) is 0 Å². The SMILES string of the molecule is COc1cc(OC)c2[nH]c(C(=O)NC3CCCNC3)cc2c1. The summed E-state index contributed by atoms with van der Waals surface area (Å²) in [6.45, 7) is 1.85. The van der Waals surface area contributed by atoms with Gasteiger partial charge in [0.15, 0.2) is 0 Å². The summed E-state index contributed by atoms with van der Waals surface area (Å²) in [4.78, 5) is 15.5. The molecule has 1 aromatic carbocycles. The maximum atomic E-state index is 12.4. The van der Waals surface area contributed by atoms with E-state index in [1.165, 1.54) is 0 Å². The smallest absolute Gasteiger partial charge is 0.267 e. The lowest BCUT2D eigenvalue weighted by molar-refractivity contribution is 0.0926. The number of carbonyl (C=O) groups is 1. The zero-order chi connectivity index (χ0) is 15.5. The number of rotatable bonds is 4. The summed E-state index contributed by atoms with van der Waals surface area (Å²) in [5, 5.41) is 7.24. The standard InChI is InChI=1S/C16H21N3O3/c1-21-12-6-10-7-13(19-15(10)14(8-12)22-2)16(20)18-11-4-3-5-17-9-11/h6-8,11,17,19H,3-5,9H2,1-2H3,(H,18,20). The van der Waals surface area contributed by atoms with Crippen LogP contribution >= 0.6 is 0 Å². The van der Waals surface area contributed by atoms with Gasteiger partial charge >= 0.3 is 0 Å². The molecule has 2 aromatic rings. The number of aromatic nitrogens is 1. The van der Waals surface area contributed by atoms with Gasteiger partial charge in [-0.15, -0.1) is 0 Å². The molecule has 3 rings (SSSR count). The average Bonchev–Trinajstić information content (AvgIpc) is 2.99. The van der Waals surface area contributed by atoms with Crippen LogP contribution in [-0.4, -0.2) is 44.2 Å². The van der Waals surface area contributed by atoms with Gasteiger partial charge in [-0.2, -0.15) is 0 Å². The molecule has 22 heavy (non-hydrogen) atoms. The lowest BCUT2D eigenvalue weighted by Gasteiger charge is -2.23. The number of benzene rings is 1. The Morgan fingerprint density at radius 3 is 2.82 bits per heavy atom. The summed E-state index contributed by atoms with van der Waals surface area (Å²) in [6, 6.07) is 5.69. The minimum Gasteiger partial charge on any atom is -0.497 e. The fourth-order valence-electron chi connectivity index (χ4n) is 2.82. The van der Waals surface area contributed by atoms with Crippen LogP contribution in [-0.2, 0) is 0 Å². The molecule has 0 aliphatic carbocycles. The molecule has 0 spiro atoms. The van der Waals surface area contributed by atoms with E-state index in [0.717, 1.165) is 36.8 Å². The van der Waals surface area contributed by atoms with Gasteiger partial charge in [0.2, 0.25) is 0 Å². The van der Waals surface area contributed by atoms with Crippen molar-refractivity contribution in [2.75, 3.05) is 27.3 Å². The molecule has 0 saturated carbocycles. The number of amides is 1. The summed E-state index contributed by atoms with van der Waals surface area (Å²) >= 11 is 0. The number of aromatic amines is 1. The van der Waals surface area contributed by atoms with Gasteiger partial charge in [0, 0.05) is 24.0 Å². The number of methoxy groups -OCH3 is 2. The maximum absolute atomic E-state index is 12.4. The fraction of sp³-hybridized carbons (Fsp3) is 0.438. The Kier molecular flexibility index (Phi) is 4.20. The highest BCUT2D eigenvalue weighted by atomic mass is 16.5. The fourth-order valence-corrected chi connectivity index (χ4v) is 2.82. The van der Waals surface area contributed by atoms with Crippen LogP contribution < -0.4 is 20.1 Å². The first-order chi connectivity index (χ1) is 10.7. The van der Waals surface area contributed by atoms with Crippen molar-refractivity contribution in [2.24, 2.45) is 0 Å². The van der Waals surface area contributed by atoms with Crippen LogP contribution in [0.3, 0.4) is 0 Å². The van der Waals surface area contributed by atoms with E-state index in [2.05, 4.69) is 15.6 Å². The van der Waals surface area contributed by atoms with E-state index < -0.39 is 0 Å². The Morgan fingerprint density at radius 1 is 1.27 bits per heavy atom. The maximum Gasteiger partial charge on any atom is 0.267 e. The van der Waals surface area contributed by atoms with Crippen molar-refractivity contribution in [3.63, 3.8) is 0 Å². The van der Waals surface area contributed by atoms with Crippen LogP contribution in [0.2, 0.25) is 0 Å². The number of ether oxygens (including phenoxy) is 2. The number of fused-ring (bicyclic) bond motifs is 1. The molecule has 1 aliphatic heterocycles. The Morgan fingerprint density at radius 2 is 2.14 bits per heavy atom. The van der Waals surface area contributed by atoms with Crippen molar-refractivity contribution in [1.29, 1.82) is 0 Å². The van der Waals surface area contributed by atoms with Crippen molar-refractivity contribution in [1.82, 2.24) is 15.6 Å². The van der Waals surface area contributed by atoms with Crippen LogP contribution in [0.4, 0.5) is 0 Å². The molecule has 0 radical (unpaired) electrons. The Labute approximate surface area is 129 Å². The van der Waals surface area contributed by atoms with E-state index in [-0.39, 0.29) is 11.9 Å². The number of carbonyl (C=O) groups excluding carboxylic acids is 1. The van der Waals surface area contributed by atoms with Crippen molar-refractivity contribution < 1.29 is 14.3 Å². The van der Waals surface area contributed by atoms with E-state index in [1.54, 1.807) is 20.3 Å². The second-order valence-electron chi connectivity index (χ2n) is 5.49. The van der Waals surface area contributed by atoms with Gasteiger partial charge in [0.05, 0.1) is 19.7 Å². The predicted molar refractivity (Wildman–Crippen MR) is 84.8 cm³/mol.